The summed E-state index contributed by atoms with van der Waals surface area (Å²) >= 11 is 1.71. The Morgan fingerprint density at radius 2 is 2.00 bits per heavy atom. The van der Waals surface area contributed by atoms with Gasteiger partial charge in [0.1, 0.15) is 0 Å². The number of aromatic nitrogens is 1. The molecule has 1 aromatic carbocycles. The molecule has 0 aliphatic carbocycles. The summed E-state index contributed by atoms with van der Waals surface area (Å²) in [6, 6.07) is 12.6. The Morgan fingerprint density at radius 1 is 1.11 bits per heavy atom. The maximum absolute atomic E-state index is 4.41. The molecule has 2 aromatic rings. The molecule has 0 amide bonds. The number of rotatable bonds is 0. The van der Waals surface area contributed by atoms with Crippen molar-refractivity contribution in [1.82, 2.24) is 4.98 Å². The van der Waals surface area contributed by atoms with Gasteiger partial charge in [0, 0.05) is 16.0 Å². The summed E-state index contributed by atoms with van der Waals surface area (Å²) in [5.41, 5.74) is 1.34. The van der Waals surface area contributed by atoms with Crippen LogP contribution in [0.4, 0.5) is 0 Å². The van der Waals surface area contributed by atoms with E-state index in [4.69, 9.17) is 0 Å². The fraction of sp³-hybridized carbons (Fsp3) is 0.0625. The Morgan fingerprint density at radius 3 is 2.94 bits per heavy atom. The first kappa shape index (κ1) is 11.3. The molecule has 2 heteroatoms. The largest absolute Gasteiger partial charge is 0.256 e. The number of thioether (sulfide) groups is 1. The van der Waals surface area contributed by atoms with Crippen molar-refractivity contribution in [2.45, 2.75) is 11.3 Å². The van der Waals surface area contributed by atoms with Crippen LogP contribution in [0.1, 0.15) is 5.56 Å². The third-order valence-electron chi connectivity index (χ3n) is 2.92. The van der Waals surface area contributed by atoms with Crippen molar-refractivity contribution < 1.29 is 0 Å². The molecule has 0 bridgehead atoms. The van der Waals surface area contributed by atoms with Crippen molar-refractivity contribution in [2.75, 3.05) is 0 Å². The van der Waals surface area contributed by atoms with Crippen LogP contribution in [0.2, 0.25) is 0 Å². The van der Waals surface area contributed by atoms with E-state index < -0.39 is 0 Å². The second-order valence-electron chi connectivity index (χ2n) is 4.21. The van der Waals surface area contributed by atoms with Crippen molar-refractivity contribution in [3.8, 4) is 0 Å². The number of fused-ring (bicyclic) bond motifs is 2. The molecular formula is C16H13NS. The van der Waals surface area contributed by atoms with Gasteiger partial charge in [-0.1, -0.05) is 48.7 Å². The summed E-state index contributed by atoms with van der Waals surface area (Å²) in [5, 5.41) is 2.18. The van der Waals surface area contributed by atoms with Gasteiger partial charge in [-0.05, 0) is 35.4 Å². The summed E-state index contributed by atoms with van der Waals surface area (Å²) in [5.74, 6) is 0. The first-order chi connectivity index (χ1) is 8.83. The standard InChI is InChI=1S/C16H13NS/c1-12-11-15-13(6-4-10-17-15)8-9-14-5-2-3-7-16(14)18-12/h2-8,10-11H,1,9H2/b13-8-,15-11+. The van der Waals surface area contributed by atoms with Crippen LogP contribution in [0.15, 0.2) is 59.0 Å². The highest BCUT2D eigenvalue weighted by Crippen LogP contribution is 2.29. The molecule has 0 saturated heterocycles. The molecule has 18 heavy (non-hydrogen) atoms. The summed E-state index contributed by atoms with van der Waals surface area (Å²) in [6.45, 7) is 4.11. The highest BCUT2D eigenvalue weighted by Gasteiger charge is 2.04. The van der Waals surface area contributed by atoms with Crippen molar-refractivity contribution in [2.24, 2.45) is 0 Å². The van der Waals surface area contributed by atoms with Gasteiger partial charge in [0.05, 0.1) is 5.35 Å². The number of pyridine rings is 1. The van der Waals surface area contributed by atoms with Gasteiger partial charge in [-0.25, -0.2) is 0 Å². The van der Waals surface area contributed by atoms with Gasteiger partial charge in [-0.3, -0.25) is 4.98 Å². The molecule has 2 heterocycles. The van der Waals surface area contributed by atoms with E-state index in [1.165, 1.54) is 15.7 Å². The molecule has 0 spiro atoms. The van der Waals surface area contributed by atoms with Gasteiger partial charge >= 0.3 is 0 Å². The highest BCUT2D eigenvalue weighted by atomic mass is 32.2. The Kier molecular flexibility index (Phi) is 3.03. The van der Waals surface area contributed by atoms with Crippen LogP contribution >= 0.6 is 11.8 Å². The molecule has 0 saturated carbocycles. The zero-order chi connectivity index (χ0) is 12.4. The molecule has 0 radical (unpaired) electrons. The third kappa shape index (κ3) is 2.24. The lowest BCUT2D eigenvalue weighted by Gasteiger charge is -2.05. The zero-order valence-corrected chi connectivity index (χ0v) is 10.8. The average Bonchev–Trinajstić information content (AvgIpc) is 2.45. The van der Waals surface area contributed by atoms with Crippen LogP contribution in [-0.4, -0.2) is 4.98 Å². The lowest BCUT2D eigenvalue weighted by Crippen LogP contribution is -2.27. The number of benzene rings is 1. The molecule has 3 rings (SSSR count). The van der Waals surface area contributed by atoms with Crippen molar-refractivity contribution >= 4 is 23.9 Å². The fourth-order valence-corrected chi connectivity index (χ4v) is 2.92. The molecule has 0 unspecified atom stereocenters. The van der Waals surface area contributed by atoms with Crippen molar-refractivity contribution in [1.29, 1.82) is 0 Å². The molecule has 1 aliphatic heterocycles. The van der Waals surface area contributed by atoms with Crippen molar-refractivity contribution in [3.63, 3.8) is 0 Å². The molecule has 0 atom stereocenters. The first-order valence-corrected chi connectivity index (χ1v) is 6.72. The van der Waals surface area contributed by atoms with Gasteiger partial charge in [0.25, 0.3) is 0 Å². The maximum atomic E-state index is 4.41. The molecule has 0 N–H and O–H groups in total. The van der Waals surface area contributed by atoms with Gasteiger partial charge in [-0.2, -0.15) is 0 Å². The Labute approximate surface area is 111 Å². The van der Waals surface area contributed by atoms with Crippen molar-refractivity contribution in [3.05, 3.63) is 70.2 Å². The molecule has 1 nitrogen and oxygen atoms in total. The summed E-state index contributed by atoms with van der Waals surface area (Å²) in [7, 11) is 0. The van der Waals surface area contributed by atoms with E-state index in [1.54, 1.807) is 11.8 Å². The molecule has 1 aliphatic rings. The number of allylic oxidation sites excluding steroid dienone is 1. The number of nitrogens with zero attached hydrogens (tertiary/aromatic N) is 1. The SMILES string of the molecule is C=C1/C=c2/nccc/c2=C/Cc2ccccc2S1. The quantitative estimate of drug-likeness (QED) is 0.713. The van der Waals surface area contributed by atoms with Crippen LogP contribution in [0.5, 0.6) is 0 Å². The van der Waals surface area contributed by atoms with Gasteiger partial charge in [0.15, 0.2) is 0 Å². The summed E-state index contributed by atoms with van der Waals surface area (Å²) < 4.78 is 0. The predicted molar refractivity (Wildman–Crippen MR) is 77.6 cm³/mol. The third-order valence-corrected chi connectivity index (χ3v) is 3.92. The van der Waals surface area contributed by atoms with E-state index in [0.29, 0.717) is 0 Å². The Balaban J connectivity index is 2.22. The van der Waals surface area contributed by atoms with E-state index >= 15 is 0 Å². The Bertz CT molecular complexity index is 716. The smallest absolute Gasteiger partial charge is 0.0709 e. The minimum Gasteiger partial charge on any atom is -0.256 e. The van der Waals surface area contributed by atoms with E-state index in [9.17, 15) is 0 Å². The Hall–Kier alpha value is -1.80. The monoisotopic (exact) mass is 251 g/mol. The maximum Gasteiger partial charge on any atom is 0.0709 e. The number of hydrogen-bond donors (Lipinski definition) is 0. The minimum absolute atomic E-state index is 0.934. The molecule has 1 aromatic heterocycles. The van der Waals surface area contributed by atoms with Gasteiger partial charge in [-0.15, -0.1) is 0 Å². The predicted octanol–water partition coefficient (Wildman–Crippen LogP) is 2.50. The van der Waals surface area contributed by atoms with E-state index in [1.807, 2.05) is 12.3 Å². The topological polar surface area (TPSA) is 12.9 Å². The average molecular weight is 251 g/mol. The normalized spacial score (nSPS) is 17.9. The highest BCUT2D eigenvalue weighted by molar-refractivity contribution is 8.03. The fourth-order valence-electron chi connectivity index (χ4n) is 2.04. The second-order valence-corrected chi connectivity index (χ2v) is 5.37. The molecule has 88 valence electrons. The van der Waals surface area contributed by atoms with Gasteiger partial charge < -0.3 is 0 Å². The second kappa shape index (κ2) is 4.83. The summed E-state index contributed by atoms with van der Waals surface area (Å²) in [6.07, 6.45) is 7.05. The van der Waals surface area contributed by atoms with E-state index in [0.717, 1.165) is 16.7 Å². The van der Waals surface area contributed by atoms with Crippen LogP contribution in [0, 0.1) is 0 Å². The van der Waals surface area contributed by atoms with Crippen LogP contribution in [0.25, 0.3) is 12.2 Å². The molecule has 0 fully saturated rings. The first-order valence-electron chi connectivity index (χ1n) is 5.90. The zero-order valence-electron chi connectivity index (χ0n) is 9.97. The van der Waals surface area contributed by atoms with Gasteiger partial charge in [0.2, 0.25) is 0 Å². The minimum atomic E-state index is 0.934. The van der Waals surface area contributed by atoms with E-state index in [2.05, 4.69) is 54.0 Å². The van der Waals surface area contributed by atoms with Crippen LogP contribution in [-0.2, 0) is 6.42 Å². The lowest BCUT2D eigenvalue weighted by atomic mass is 10.1. The summed E-state index contributed by atoms with van der Waals surface area (Å²) in [4.78, 5) is 6.72. The number of hydrogen-bond acceptors (Lipinski definition) is 2. The van der Waals surface area contributed by atoms with Crippen LogP contribution in [0.3, 0.4) is 0 Å². The lowest BCUT2D eigenvalue weighted by molar-refractivity contribution is 1.19. The van der Waals surface area contributed by atoms with E-state index in [-0.39, 0.29) is 0 Å². The molecular weight excluding hydrogens is 238 g/mol. The van der Waals surface area contributed by atoms with Crippen LogP contribution < -0.4 is 10.6 Å².